The van der Waals surface area contributed by atoms with Crippen molar-refractivity contribution in [2.75, 3.05) is 0 Å². The first kappa shape index (κ1) is 8.26. The minimum atomic E-state index is -0.826. The van der Waals surface area contributed by atoms with E-state index < -0.39 is 5.60 Å². The highest BCUT2D eigenvalue weighted by Gasteiger charge is 2.16. The molecule has 3 heteroatoms. The van der Waals surface area contributed by atoms with Crippen molar-refractivity contribution in [1.82, 2.24) is 4.98 Å². The van der Waals surface area contributed by atoms with Crippen LogP contribution in [0.3, 0.4) is 0 Å². The van der Waals surface area contributed by atoms with Crippen LogP contribution >= 0.6 is 0 Å². The van der Waals surface area contributed by atoms with E-state index in [-0.39, 0.29) is 0 Å². The topological polar surface area (TPSA) is 46.3 Å². The molecule has 1 aromatic heterocycles. The van der Waals surface area contributed by atoms with E-state index in [4.69, 9.17) is 4.42 Å². The Bertz CT molecular complexity index is 426. The number of rotatable bonds is 1. The van der Waals surface area contributed by atoms with Gasteiger partial charge in [0.2, 0.25) is 0 Å². The van der Waals surface area contributed by atoms with Gasteiger partial charge in [-0.15, -0.1) is 0 Å². The Balaban J connectivity index is 2.61. The number of benzene rings is 1. The number of aromatic nitrogens is 1. The SMILES string of the molecule is CC(C)(O)c1ccc2ocnc2c1. The third kappa shape index (κ3) is 1.42. The maximum atomic E-state index is 9.73. The first-order valence-corrected chi connectivity index (χ1v) is 4.13. The lowest BCUT2D eigenvalue weighted by atomic mass is 9.98. The van der Waals surface area contributed by atoms with E-state index >= 15 is 0 Å². The zero-order valence-electron chi connectivity index (χ0n) is 7.61. The van der Waals surface area contributed by atoms with Crippen molar-refractivity contribution >= 4 is 11.1 Å². The van der Waals surface area contributed by atoms with Gasteiger partial charge in [0.1, 0.15) is 5.52 Å². The van der Waals surface area contributed by atoms with Crippen molar-refractivity contribution in [3.05, 3.63) is 30.2 Å². The van der Waals surface area contributed by atoms with E-state index in [0.29, 0.717) is 0 Å². The Morgan fingerprint density at radius 2 is 2.15 bits per heavy atom. The zero-order valence-corrected chi connectivity index (χ0v) is 7.61. The molecule has 1 heterocycles. The maximum absolute atomic E-state index is 9.73. The largest absolute Gasteiger partial charge is 0.443 e. The van der Waals surface area contributed by atoms with Crippen molar-refractivity contribution in [3.8, 4) is 0 Å². The van der Waals surface area contributed by atoms with Crippen molar-refractivity contribution in [1.29, 1.82) is 0 Å². The quantitative estimate of drug-likeness (QED) is 0.725. The number of nitrogens with zero attached hydrogens (tertiary/aromatic N) is 1. The standard InChI is InChI=1S/C10H11NO2/c1-10(2,12)7-3-4-9-8(5-7)11-6-13-9/h3-6,12H,1-2H3. The average Bonchev–Trinajstić information content (AvgIpc) is 2.47. The number of hydrogen-bond acceptors (Lipinski definition) is 3. The van der Waals surface area contributed by atoms with Crippen LogP contribution in [0, 0.1) is 0 Å². The highest BCUT2D eigenvalue weighted by molar-refractivity contribution is 5.73. The molecule has 0 bridgehead atoms. The summed E-state index contributed by atoms with van der Waals surface area (Å²) in [4.78, 5) is 4.02. The van der Waals surface area contributed by atoms with Gasteiger partial charge in [0.05, 0.1) is 5.60 Å². The van der Waals surface area contributed by atoms with E-state index in [1.54, 1.807) is 13.8 Å². The van der Waals surface area contributed by atoms with Gasteiger partial charge < -0.3 is 9.52 Å². The molecule has 0 unspecified atom stereocenters. The summed E-state index contributed by atoms with van der Waals surface area (Å²) in [5.41, 5.74) is 1.54. The molecule has 0 aliphatic rings. The van der Waals surface area contributed by atoms with Crippen molar-refractivity contribution in [2.45, 2.75) is 19.4 Å². The van der Waals surface area contributed by atoms with Crippen LogP contribution < -0.4 is 0 Å². The zero-order chi connectivity index (χ0) is 9.47. The van der Waals surface area contributed by atoms with Crippen LogP contribution in [0.15, 0.2) is 29.0 Å². The molecule has 0 spiro atoms. The first-order valence-electron chi connectivity index (χ1n) is 4.13. The highest BCUT2D eigenvalue weighted by atomic mass is 16.3. The molecule has 0 aliphatic carbocycles. The van der Waals surface area contributed by atoms with Gasteiger partial charge in [0.15, 0.2) is 12.0 Å². The highest BCUT2D eigenvalue weighted by Crippen LogP contribution is 2.23. The van der Waals surface area contributed by atoms with Crippen LogP contribution in [-0.4, -0.2) is 10.1 Å². The molecule has 0 atom stereocenters. The molecule has 1 aromatic carbocycles. The minimum Gasteiger partial charge on any atom is -0.443 e. The van der Waals surface area contributed by atoms with Crippen LogP contribution in [-0.2, 0) is 5.60 Å². The number of hydrogen-bond donors (Lipinski definition) is 1. The number of aliphatic hydroxyl groups is 1. The Hall–Kier alpha value is -1.35. The molecule has 1 N–H and O–H groups in total. The average molecular weight is 177 g/mol. The first-order chi connectivity index (χ1) is 6.07. The summed E-state index contributed by atoms with van der Waals surface area (Å²) in [7, 11) is 0. The van der Waals surface area contributed by atoms with E-state index in [1.807, 2.05) is 18.2 Å². The number of oxazole rings is 1. The summed E-state index contributed by atoms with van der Waals surface area (Å²) < 4.78 is 5.09. The van der Waals surface area contributed by atoms with Crippen molar-refractivity contribution in [2.24, 2.45) is 0 Å². The summed E-state index contributed by atoms with van der Waals surface area (Å²) in [5, 5.41) is 9.73. The van der Waals surface area contributed by atoms with Gasteiger partial charge in [-0.1, -0.05) is 6.07 Å². The second kappa shape index (κ2) is 2.57. The Labute approximate surface area is 76.0 Å². The van der Waals surface area contributed by atoms with Gasteiger partial charge in [-0.3, -0.25) is 0 Å². The van der Waals surface area contributed by atoms with E-state index in [0.717, 1.165) is 16.7 Å². The molecular weight excluding hydrogens is 166 g/mol. The molecule has 3 nitrogen and oxygen atoms in total. The lowest BCUT2D eigenvalue weighted by Crippen LogP contribution is -2.14. The summed E-state index contributed by atoms with van der Waals surface area (Å²) in [5.74, 6) is 0. The monoisotopic (exact) mass is 177 g/mol. The fourth-order valence-electron chi connectivity index (χ4n) is 1.24. The fourth-order valence-corrected chi connectivity index (χ4v) is 1.24. The lowest BCUT2D eigenvalue weighted by molar-refractivity contribution is 0.0787. The maximum Gasteiger partial charge on any atom is 0.181 e. The Morgan fingerprint density at radius 1 is 1.38 bits per heavy atom. The Morgan fingerprint density at radius 3 is 2.85 bits per heavy atom. The van der Waals surface area contributed by atoms with E-state index in [1.165, 1.54) is 6.39 Å². The van der Waals surface area contributed by atoms with Gasteiger partial charge in [0, 0.05) is 0 Å². The normalized spacial score (nSPS) is 12.2. The molecule has 0 amide bonds. The van der Waals surface area contributed by atoms with E-state index in [2.05, 4.69) is 4.98 Å². The Kier molecular flexibility index (Phi) is 1.63. The van der Waals surface area contributed by atoms with Crippen molar-refractivity contribution < 1.29 is 9.52 Å². The smallest absolute Gasteiger partial charge is 0.181 e. The van der Waals surface area contributed by atoms with Crippen LogP contribution in [0.1, 0.15) is 19.4 Å². The summed E-state index contributed by atoms with van der Waals surface area (Å²) in [6, 6.07) is 5.49. The summed E-state index contributed by atoms with van der Waals surface area (Å²) >= 11 is 0. The molecule has 0 fully saturated rings. The summed E-state index contributed by atoms with van der Waals surface area (Å²) in [6.45, 7) is 3.49. The second-order valence-electron chi connectivity index (χ2n) is 3.59. The lowest BCUT2D eigenvalue weighted by Gasteiger charge is -2.16. The van der Waals surface area contributed by atoms with Crippen LogP contribution in [0.5, 0.6) is 0 Å². The van der Waals surface area contributed by atoms with Gasteiger partial charge in [0.25, 0.3) is 0 Å². The molecule has 2 aromatic rings. The molecule has 13 heavy (non-hydrogen) atoms. The number of fused-ring (bicyclic) bond motifs is 1. The molecule has 0 saturated heterocycles. The predicted molar refractivity (Wildman–Crippen MR) is 49.3 cm³/mol. The fraction of sp³-hybridized carbons (Fsp3) is 0.300. The van der Waals surface area contributed by atoms with Crippen LogP contribution in [0.4, 0.5) is 0 Å². The minimum absolute atomic E-state index is 0.744. The van der Waals surface area contributed by atoms with Crippen LogP contribution in [0.25, 0.3) is 11.1 Å². The third-order valence-electron chi connectivity index (χ3n) is 2.04. The molecule has 2 rings (SSSR count). The van der Waals surface area contributed by atoms with E-state index in [9.17, 15) is 5.11 Å². The molecule has 0 aliphatic heterocycles. The van der Waals surface area contributed by atoms with Crippen LogP contribution in [0.2, 0.25) is 0 Å². The third-order valence-corrected chi connectivity index (χ3v) is 2.04. The molecule has 0 saturated carbocycles. The molecular formula is C10H11NO2. The predicted octanol–water partition coefficient (Wildman–Crippen LogP) is 2.06. The van der Waals surface area contributed by atoms with Crippen molar-refractivity contribution in [3.63, 3.8) is 0 Å². The molecule has 68 valence electrons. The van der Waals surface area contributed by atoms with Gasteiger partial charge >= 0.3 is 0 Å². The summed E-state index contributed by atoms with van der Waals surface area (Å²) in [6.07, 6.45) is 1.40. The van der Waals surface area contributed by atoms with Gasteiger partial charge in [-0.2, -0.15) is 0 Å². The van der Waals surface area contributed by atoms with Gasteiger partial charge in [-0.05, 0) is 31.5 Å². The second-order valence-corrected chi connectivity index (χ2v) is 3.59. The molecule has 0 radical (unpaired) electrons. The van der Waals surface area contributed by atoms with Gasteiger partial charge in [-0.25, -0.2) is 4.98 Å².